The van der Waals surface area contributed by atoms with Gasteiger partial charge >= 0.3 is 0 Å². The molecular formula is C18H26O4. The van der Waals surface area contributed by atoms with Crippen LogP contribution in [0.4, 0.5) is 0 Å². The number of hydrogen-bond acceptors (Lipinski definition) is 4. The number of aromatic hydroxyl groups is 1. The van der Waals surface area contributed by atoms with Gasteiger partial charge in [0, 0.05) is 0 Å². The van der Waals surface area contributed by atoms with Crippen LogP contribution in [-0.4, -0.2) is 43.7 Å². The zero-order chi connectivity index (χ0) is 15.2. The molecule has 0 aromatic heterocycles. The fraction of sp³-hybridized carbons (Fsp3) is 0.667. The molecule has 1 N–H and O–H groups in total. The molecule has 122 valence electrons. The fourth-order valence-electron chi connectivity index (χ4n) is 2.84. The molecule has 1 aromatic carbocycles. The van der Waals surface area contributed by atoms with Crippen molar-refractivity contribution >= 4 is 0 Å². The van der Waals surface area contributed by atoms with E-state index in [0.29, 0.717) is 18.0 Å². The average Bonchev–Trinajstić information content (AvgIpc) is 3.45. The van der Waals surface area contributed by atoms with Crippen LogP contribution >= 0.6 is 0 Å². The van der Waals surface area contributed by atoms with Crippen LogP contribution in [-0.2, 0) is 14.2 Å². The maximum Gasteiger partial charge on any atom is 0.115 e. The van der Waals surface area contributed by atoms with Crippen LogP contribution in [0.25, 0.3) is 0 Å². The van der Waals surface area contributed by atoms with Crippen molar-refractivity contribution < 1.29 is 19.3 Å². The molecule has 1 saturated carbocycles. The third-order valence-electron chi connectivity index (χ3n) is 4.38. The molecule has 0 radical (unpaired) electrons. The summed E-state index contributed by atoms with van der Waals surface area (Å²) in [7, 11) is 0. The van der Waals surface area contributed by atoms with E-state index in [4.69, 9.17) is 19.3 Å². The molecule has 2 aliphatic heterocycles. The van der Waals surface area contributed by atoms with Gasteiger partial charge in [-0.3, -0.25) is 0 Å². The second-order valence-corrected chi connectivity index (χ2v) is 6.37. The topological polar surface area (TPSA) is 54.5 Å². The van der Waals surface area contributed by atoms with Gasteiger partial charge in [0.05, 0.1) is 26.4 Å². The van der Waals surface area contributed by atoms with Gasteiger partial charge in [-0.25, -0.2) is 0 Å². The Hall–Kier alpha value is -1.10. The van der Waals surface area contributed by atoms with Gasteiger partial charge in [-0.1, -0.05) is 31.4 Å². The van der Waals surface area contributed by atoms with Crippen molar-refractivity contribution in [1.82, 2.24) is 0 Å². The minimum atomic E-state index is 0.375. The lowest BCUT2D eigenvalue weighted by Crippen LogP contribution is -2.06. The first-order valence-electron chi connectivity index (χ1n) is 8.41. The highest BCUT2D eigenvalue weighted by atomic mass is 16.6. The predicted octanol–water partition coefficient (Wildman–Crippen LogP) is 3.24. The summed E-state index contributed by atoms with van der Waals surface area (Å²) in [5, 5.41) is 9.16. The fourth-order valence-corrected chi connectivity index (χ4v) is 2.84. The second kappa shape index (κ2) is 7.95. The van der Waals surface area contributed by atoms with Crippen LogP contribution in [0.1, 0.15) is 43.6 Å². The highest BCUT2D eigenvalue weighted by Crippen LogP contribution is 2.32. The SMILES string of the molecule is C(OCC1CO1)C1CO1.Oc1ccc(C2CCCCC2)cc1. The molecule has 1 aromatic rings. The normalized spacial score (nSPS) is 26.9. The molecule has 4 nitrogen and oxygen atoms in total. The van der Waals surface area contributed by atoms with E-state index in [2.05, 4.69) is 12.1 Å². The molecule has 2 heterocycles. The van der Waals surface area contributed by atoms with Crippen LogP contribution in [0, 0.1) is 0 Å². The monoisotopic (exact) mass is 306 g/mol. The molecule has 1 aliphatic carbocycles. The van der Waals surface area contributed by atoms with E-state index in [0.717, 1.165) is 32.3 Å². The van der Waals surface area contributed by atoms with Crippen LogP contribution in [0.2, 0.25) is 0 Å². The van der Waals surface area contributed by atoms with Gasteiger partial charge in [0.2, 0.25) is 0 Å². The standard InChI is InChI=1S/C12H16O.C6H10O3/c13-12-8-6-11(7-9-12)10-4-2-1-3-5-10;1(5-3-8-5)7-2-6-4-9-6/h6-10,13H,1-5H2;5-6H,1-4H2. The Bertz CT molecular complexity index is 419. The molecule has 2 atom stereocenters. The molecule has 2 saturated heterocycles. The highest BCUT2D eigenvalue weighted by Gasteiger charge is 2.26. The van der Waals surface area contributed by atoms with E-state index >= 15 is 0 Å². The quantitative estimate of drug-likeness (QED) is 0.849. The Morgan fingerprint density at radius 3 is 1.95 bits per heavy atom. The van der Waals surface area contributed by atoms with E-state index in [1.165, 1.54) is 37.7 Å². The lowest BCUT2D eigenvalue weighted by atomic mass is 9.84. The Labute approximate surface area is 132 Å². The summed E-state index contributed by atoms with van der Waals surface area (Å²) in [4.78, 5) is 0. The maximum atomic E-state index is 9.16. The van der Waals surface area contributed by atoms with Gasteiger partial charge in [0.1, 0.15) is 18.0 Å². The van der Waals surface area contributed by atoms with Gasteiger partial charge in [-0.15, -0.1) is 0 Å². The first-order valence-corrected chi connectivity index (χ1v) is 8.41. The Morgan fingerprint density at radius 2 is 1.45 bits per heavy atom. The first kappa shape index (κ1) is 15.8. The average molecular weight is 306 g/mol. The van der Waals surface area contributed by atoms with E-state index in [1.807, 2.05) is 0 Å². The summed E-state index contributed by atoms with van der Waals surface area (Å²) in [6.45, 7) is 3.26. The first-order chi connectivity index (χ1) is 10.8. The van der Waals surface area contributed by atoms with Gasteiger partial charge in [0.15, 0.2) is 0 Å². The van der Waals surface area contributed by atoms with E-state index in [1.54, 1.807) is 12.1 Å². The van der Waals surface area contributed by atoms with Crippen LogP contribution in [0.15, 0.2) is 24.3 Å². The van der Waals surface area contributed by atoms with Crippen molar-refractivity contribution in [3.05, 3.63) is 29.8 Å². The van der Waals surface area contributed by atoms with Crippen molar-refractivity contribution in [2.75, 3.05) is 26.4 Å². The molecule has 0 bridgehead atoms. The van der Waals surface area contributed by atoms with Crippen LogP contribution in [0.3, 0.4) is 0 Å². The molecule has 4 rings (SSSR count). The van der Waals surface area contributed by atoms with Crippen molar-refractivity contribution in [1.29, 1.82) is 0 Å². The molecule has 3 fully saturated rings. The summed E-state index contributed by atoms with van der Waals surface area (Å²) < 4.78 is 15.1. The number of rotatable bonds is 5. The molecule has 3 aliphatic rings. The van der Waals surface area contributed by atoms with E-state index in [-0.39, 0.29) is 0 Å². The number of ether oxygens (including phenoxy) is 3. The van der Waals surface area contributed by atoms with E-state index < -0.39 is 0 Å². The Kier molecular flexibility index (Phi) is 5.70. The summed E-state index contributed by atoms with van der Waals surface area (Å²) in [5.41, 5.74) is 1.40. The summed E-state index contributed by atoms with van der Waals surface area (Å²) in [6.07, 6.45) is 7.56. The van der Waals surface area contributed by atoms with Gasteiger partial charge in [-0.05, 0) is 36.5 Å². The van der Waals surface area contributed by atoms with Gasteiger partial charge < -0.3 is 19.3 Å². The predicted molar refractivity (Wildman–Crippen MR) is 84.2 cm³/mol. The summed E-state index contributed by atoms with van der Waals surface area (Å²) in [6, 6.07) is 7.71. The summed E-state index contributed by atoms with van der Waals surface area (Å²) in [5.74, 6) is 1.12. The minimum Gasteiger partial charge on any atom is -0.508 e. The van der Waals surface area contributed by atoms with Crippen LogP contribution in [0.5, 0.6) is 5.75 Å². The summed E-state index contributed by atoms with van der Waals surface area (Å²) >= 11 is 0. The number of benzene rings is 1. The zero-order valence-corrected chi connectivity index (χ0v) is 13.1. The van der Waals surface area contributed by atoms with Crippen molar-refractivity contribution in [3.8, 4) is 5.75 Å². The molecule has 22 heavy (non-hydrogen) atoms. The number of epoxide rings is 2. The minimum absolute atomic E-state index is 0.375. The zero-order valence-electron chi connectivity index (χ0n) is 13.1. The Balaban J connectivity index is 0.000000139. The molecular weight excluding hydrogens is 280 g/mol. The third kappa shape index (κ3) is 5.59. The smallest absolute Gasteiger partial charge is 0.115 e. The highest BCUT2D eigenvalue weighted by molar-refractivity contribution is 5.28. The second-order valence-electron chi connectivity index (χ2n) is 6.37. The molecule has 0 amide bonds. The van der Waals surface area contributed by atoms with Crippen molar-refractivity contribution in [2.45, 2.75) is 50.2 Å². The number of hydrogen-bond donors (Lipinski definition) is 1. The largest absolute Gasteiger partial charge is 0.508 e. The number of phenolic OH excluding ortho intramolecular Hbond substituents is 1. The van der Waals surface area contributed by atoms with Gasteiger partial charge in [0.25, 0.3) is 0 Å². The lowest BCUT2D eigenvalue weighted by molar-refractivity contribution is 0.102. The molecule has 0 spiro atoms. The molecule has 2 unspecified atom stereocenters. The molecule has 4 heteroatoms. The lowest BCUT2D eigenvalue weighted by Gasteiger charge is -2.21. The van der Waals surface area contributed by atoms with Crippen LogP contribution < -0.4 is 0 Å². The van der Waals surface area contributed by atoms with Gasteiger partial charge in [-0.2, -0.15) is 0 Å². The van der Waals surface area contributed by atoms with Crippen molar-refractivity contribution in [3.63, 3.8) is 0 Å². The van der Waals surface area contributed by atoms with E-state index in [9.17, 15) is 0 Å². The Morgan fingerprint density at radius 1 is 0.909 bits per heavy atom. The number of phenols is 1. The third-order valence-corrected chi connectivity index (χ3v) is 4.38. The maximum absolute atomic E-state index is 9.16. The van der Waals surface area contributed by atoms with Crippen molar-refractivity contribution in [2.24, 2.45) is 0 Å².